The van der Waals surface area contributed by atoms with Gasteiger partial charge in [0.15, 0.2) is 0 Å². The van der Waals surface area contributed by atoms with E-state index in [2.05, 4.69) is 22.9 Å². The fourth-order valence-electron chi connectivity index (χ4n) is 2.20. The molecule has 25 heavy (non-hydrogen) atoms. The normalized spacial score (nSPS) is 12.3. The first-order valence-electron chi connectivity index (χ1n) is 7.63. The summed E-state index contributed by atoms with van der Waals surface area (Å²) < 4.78 is 5.19. The molecule has 2 aromatic rings. The van der Waals surface area contributed by atoms with E-state index in [-0.39, 0.29) is 5.56 Å². The number of nitrogens with one attached hydrogen (secondary N) is 1. The molecule has 0 radical (unpaired) electrons. The number of amides is 1. The summed E-state index contributed by atoms with van der Waals surface area (Å²) in [5.41, 5.74) is 0.834. The van der Waals surface area contributed by atoms with Gasteiger partial charge in [0.25, 0.3) is 0 Å². The maximum absolute atomic E-state index is 11.9. The van der Waals surface area contributed by atoms with Crippen LogP contribution in [0.15, 0.2) is 42.6 Å². The number of pyridine rings is 1. The summed E-state index contributed by atoms with van der Waals surface area (Å²) in [4.78, 5) is 27.3. The first-order chi connectivity index (χ1) is 11.7. The summed E-state index contributed by atoms with van der Waals surface area (Å²) in [5, 5.41) is 11.4. The zero-order valence-electron chi connectivity index (χ0n) is 14.2. The molecule has 1 amide bonds. The second kappa shape index (κ2) is 7.57. The Bertz CT molecular complexity index is 787. The van der Waals surface area contributed by atoms with Crippen LogP contribution >= 0.6 is 12.6 Å². The summed E-state index contributed by atoms with van der Waals surface area (Å²) in [6.45, 7) is 5.30. The number of ether oxygens (including phenoxy) is 1. The summed E-state index contributed by atoms with van der Waals surface area (Å²) in [6, 6.07) is 10.0. The average molecular weight is 360 g/mol. The number of thiol groups is 1. The van der Waals surface area contributed by atoms with Gasteiger partial charge in [-0.25, -0.2) is 14.6 Å². The molecule has 0 saturated carbocycles. The summed E-state index contributed by atoms with van der Waals surface area (Å²) >= 11 is 4.55. The molecule has 1 atom stereocenters. The molecule has 0 fully saturated rings. The van der Waals surface area contributed by atoms with Crippen molar-refractivity contribution in [2.45, 2.75) is 31.6 Å². The van der Waals surface area contributed by atoms with Gasteiger partial charge in [-0.05, 0) is 50.1 Å². The number of nitrogens with zero attached hydrogens (tertiary/aromatic N) is 1. The van der Waals surface area contributed by atoms with Gasteiger partial charge < -0.3 is 9.84 Å². The lowest BCUT2D eigenvalue weighted by Gasteiger charge is -2.20. The summed E-state index contributed by atoms with van der Waals surface area (Å²) in [6.07, 6.45) is 0.910. The molecular formula is C18H20N2O4S. The maximum Gasteiger partial charge on any atom is 0.413 e. The Balaban J connectivity index is 2.24. The van der Waals surface area contributed by atoms with E-state index in [1.165, 1.54) is 12.3 Å². The lowest BCUT2D eigenvalue weighted by Crippen LogP contribution is -2.27. The van der Waals surface area contributed by atoms with Crippen molar-refractivity contribution >= 4 is 30.5 Å². The van der Waals surface area contributed by atoms with Crippen LogP contribution in [0.4, 0.5) is 10.6 Å². The van der Waals surface area contributed by atoms with Gasteiger partial charge in [0.2, 0.25) is 0 Å². The highest BCUT2D eigenvalue weighted by molar-refractivity contribution is 7.80. The highest BCUT2D eigenvalue weighted by Crippen LogP contribution is 2.31. The Morgan fingerprint density at radius 2 is 1.92 bits per heavy atom. The lowest BCUT2D eigenvalue weighted by atomic mass is 9.99. The van der Waals surface area contributed by atoms with Crippen LogP contribution in [-0.2, 0) is 4.74 Å². The van der Waals surface area contributed by atoms with Gasteiger partial charge in [0.05, 0.1) is 10.8 Å². The molecule has 132 valence electrons. The number of carboxylic acids is 1. The molecule has 6 nitrogen and oxygen atoms in total. The van der Waals surface area contributed by atoms with E-state index in [0.29, 0.717) is 16.9 Å². The quantitative estimate of drug-likeness (QED) is 0.713. The molecule has 2 rings (SSSR count). The van der Waals surface area contributed by atoms with Crippen molar-refractivity contribution < 1.29 is 19.4 Å². The molecule has 0 aliphatic heterocycles. The first kappa shape index (κ1) is 18.8. The van der Waals surface area contributed by atoms with E-state index < -0.39 is 22.9 Å². The number of anilines is 1. The maximum atomic E-state index is 11.9. The van der Waals surface area contributed by atoms with E-state index in [4.69, 9.17) is 4.74 Å². The van der Waals surface area contributed by atoms with E-state index in [9.17, 15) is 14.7 Å². The van der Waals surface area contributed by atoms with Gasteiger partial charge in [-0.3, -0.25) is 5.32 Å². The fraction of sp³-hybridized carbons (Fsp3) is 0.278. The van der Waals surface area contributed by atoms with Crippen LogP contribution in [0.2, 0.25) is 0 Å². The van der Waals surface area contributed by atoms with E-state index in [1.807, 2.05) is 0 Å². The Hall–Kier alpha value is -2.54. The van der Waals surface area contributed by atoms with Crippen LogP contribution in [0, 0.1) is 0 Å². The number of hydrogen-bond donors (Lipinski definition) is 3. The molecule has 1 aromatic carbocycles. The molecule has 0 bridgehead atoms. The minimum atomic E-state index is -1.02. The van der Waals surface area contributed by atoms with Crippen LogP contribution in [-0.4, -0.2) is 27.8 Å². The number of aromatic carboxylic acids is 1. The molecule has 7 heteroatoms. The molecule has 0 saturated heterocycles. The van der Waals surface area contributed by atoms with Crippen LogP contribution in [0.25, 0.3) is 0 Å². The fourth-order valence-corrected chi connectivity index (χ4v) is 2.59. The second-order valence-electron chi connectivity index (χ2n) is 6.40. The molecule has 1 heterocycles. The highest BCUT2D eigenvalue weighted by Gasteiger charge is 2.19. The Morgan fingerprint density at radius 3 is 2.56 bits per heavy atom. The first-order valence-corrected chi connectivity index (χ1v) is 8.15. The zero-order valence-corrected chi connectivity index (χ0v) is 15.1. The predicted octanol–water partition coefficient (Wildman–Crippen LogP) is 4.15. The van der Waals surface area contributed by atoms with Gasteiger partial charge in [-0.2, -0.15) is 12.6 Å². The molecule has 2 N–H and O–H groups in total. The minimum absolute atomic E-state index is 0.181. The number of carbonyl (C=O) groups is 2. The van der Waals surface area contributed by atoms with E-state index in [1.54, 1.807) is 51.1 Å². The Labute approximate surface area is 151 Å². The Morgan fingerprint density at radius 1 is 1.24 bits per heavy atom. The van der Waals surface area contributed by atoms with Gasteiger partial charge in [0, 0.05) is 6.20 Å². The Kier molecular flexibility index (Phi) is 5.69. The third kappa shape index (κ3) is 5.22. The monoisotopic (exact) mass is 360 g/mol. The van der Waals surface area contributed by atoms with Crippen molar-refractivity contribution in [3.63, 3.8) is 0 Å². The zero-order chi connectivity index (χ0) is 18.6. The number of carboxylic acid groups (broad SMARTS) is 1. The third-order valence-electron chi connectivity index (χ3n) is 3.21. The van der Waals surface area contributed by atoms with Crippen LogP contribution < -0.4 is 5.32 Å². The highest BCUT2D eigenvalue weighted by atomic mass is 32.1. The smallest absolute Gasteiger partial charge is 0.413 e. The molecule has 1 aromatic heterocycles. The average Bonchev–Trinajstić information content (AvgIpc) is 2.52. The van der Waals surface area contributed by atoms with Crippen LogP contribution in [0.5, 0.6) is 0 Å². The largest absolute Gasteiger partial charge is 0.478 e. The molecule has 1 unspecified atom stereocenters. The van der Waals surface area contributed by atoms with E-state index >= 15 is 0 Å². The van der Waals surface area contributed by atoms with Gasteiger partial charge in [-0.1, -0.05) is 18.2 Å². The number of rotatable bonds is 4. The summed E-state index contributed by atoms with van der Waals surface area (Å²) in [5.74, 6) is -0.714. The number of carbonyl (C=O) groups excluding carboxylic acids is 1. The number of benzene rings is 1. The minimum Gasteiger partial charge on any atom is -0.478 e. The van der Waals surface area contributed by atoms with Crippen molar-refractivity contribution in [1.29, 1.82) is 0 Å². The summed E-state index contributed by atoms with van der Waals surface area (Å²) in [7, 11) is 0. The van der Waals surface area contributed by atoms with Crippen molar-refractivity contribution in [3.8, 4) is 0 Å². The third-order valence-corrected chi connectivity index (χ3v) is 3.79. The number of hydrogen-bond acceptors (Lipinski definition) is 5. The van der Waals surface area contributed by atoms with Gasteiger partial charge in [-0.15, -0.1) is 0 Å². The van der Waals surface area contributed by atoms with Crippen molar-refractivity contribution in [2.24, 2.45) is 0 Å². The second-order valence-corrected chi connectivity index (χ2v) is 6.91. The molecule has 0 spiro atoms. The van der Waals surface area contributed by atoms with Gasteiger partial charge >= 0.3 is 12.1 Å². The van der Waals surface area contributed by atoms with E-state index in [0.717, 1.165) is 0 Å². The van der Waals surface area contributed by atoms with Crippen molar-refractivity contribution in [1.82, 2.24) is 4.98 Å². The number of aromatic nitrogens is 1. The SMILES string of the molecule is CC(C)(C)OC(=O)Nc1cc(C(S)c2ccccc2C(=O)O)ccn1. The molecular weight excluding hydrogens is 340 g/mol. The van der Waals surface area contributed by atoms with Crippen LogP contribution in [0.1, 0.15) is 47.5 Å². The standard InChI is InChI=1S/C18H20N2O4S/c1-18(2,3)24-17(23)20-14-10-11(8-9-19-14)15(25)12-6-4-5-7-13(12)16(21)22/h4-10,15,25H,1-3H3,(H,21,22)(H,19,20,23). The topological polar surface area (TPSA) is 88.5 Å². The van der Waals surface area contributed by atoms with Crippen molar-refractivity contribution in [2.75, 3.05) is 5.32 Å². The predicted molar refractivity (Wildman–Crippen MR) is 98.3 cm³/mol. The molecule has 0 aliphatic carbocycles. The molecule has 0 aliphatic rings. The lowest BCUT2D eigenvalue weighted by molar-refractivity contribution is 0.0633. The van der Waals surface area contributed by atoms with Gasteiger partial charge in [0.1, 0.15) is 11.4 Å². The van der Waals surface area contributed by atoms with Crippen molar-refractivity contribution in [3.05, 3.63) is 59.3 Å². The van der Waals surface area contributed by atoms with Crippen LogP contribution in [0.3, 0.4) is 0 Å².